The summed E-state index contributed by atoms with van der Waals surface area (Å²) in [5, 5.41) is 5.99. The number of rotatable bonds is 11. The van der Waals surface area contributed by atoms with Crippen molar-refractivity contribution in [1.82, 2.24) is 5.32 Å². The van der Waals surface area contributed by atoms with Crippen molar-refractivity contribution in [2.45, 2.75) is 6.42 Å². The molecule has 0 saturated heterocycles. The van der Waals surface area contributed by atoms with Gasteiger partial charge in [0.1, 0.15) is 12.4 Å². The van der Waals surface area contributed by atoms with E-state index < -0.39 is 0 Å². The summed E-state index contributed by atoms with van der Waals surface area (Å²) in [4.78, 5) is 11.5. The van der Waals surface area contributed by atoms with E-state index in [1.807, 2.05) is 24.3 Å². The van der Waals surface area contributed by atoms with Crippen molar-refractivity contribution < 1.29 is 19.0 Å². The molecule has 0 aliphatic carbocycles. The zero-order chi connectivity index (χ0) is 15.3. The fourth-order valence-corrected chi connectivity index (χ4v) is 1.59. The molecule has 0 aliphatic rings. The summed E-state index contributed by atoms with van der Waals surface area (Å²) in [5.74, 6) is 0.714. The molecule has 0 fully saturated rings. The maximum atomic E-state index is 11.5. The van der Waals surface area contributed by atoms with Gasteiger partial charge in [-0.3, -0.25) is 4.79 Å². The Balaban J connectivity index is 2.22. The summed E-state index contributed by atoms with van der Waals surface area (Å²) in [5.41, 5.74) is 0.752. The lowest BCUT2D eigenvalue weighted by Crippen LogP contribution is -2.24. The molecule has 1 aromatic carbocycles. The molecule has 21 heavy (non-hydrogen) atoms. The predicted molar refractivity (Wildman–Crippen MR) is 81.8 cm³/mol. The van der Waals surface area contributed by atoms with Crippen LogP contribution in [-0.2, 0) is 14.3 Å². The van der Waals surface area contributed by atoms with Gasteiger partial charge in [-0.05, 0) is 24.3 Å². The molecule has 118 valence electrons. The molecule has 0 aromatic heterocycles. The topological polar surface area (TPSA) is 68.8 Å². The Morgan fingerprint density at radius 1 is 1.00 bits per heavy atom. The average Bonchev–Trinajstić information content (AvgIpc) is 2.50. The van der Waals surface area contributed by atoms with Crippen LogP contribution in [0.25, 0.3) is 0 Å². The second-order valence-corrected chi connectivity index (χ2v) is 4.41. The van der Waals surface area contributed by atoms with Crippen molar-refractivity contribution >= 4 is 11.6 Å². The SMILES string of the molecule is COCCNCCOc1ccc(NC(=O)CCOC)cc1. The van der Waals surface area contributed by atoms with Gasteiger partial charge >= 0.3 is 0 Å². The summed E-state index contributed by atoms with van der Waals surface area (Å²) >= 11 is 0. The van der Waals surface area contributed by atoms with Crippen LogP contribution in [0.3, 0.4) is 0 Å². The van der Waals surface area contributed by atoms with Crippen molar-refractivity contribution in [3.05, 3.63) is 24.3 Å². The van der Waals surface area contributed by atoms with Gasteiger partial charge in [-0.25, -0.2) is 0 Å². The standard InChI is InChI=1S/C15H24N2O4/c1-19-10-7-15(18)17-13-3-5-14(6-4-13)21-12-9-16-8-11-20-2/h3-6,16H,7-12H2,1-2H3,(H,17,18). The molecule has 1 aromatic rings. The first-order chi connectivity index (χ1) is 10.3. The van der Waals surface area contributed by atoms with E-state index in [2.05, 4.69) is 10.6 Å². The number of benzene rings is 1. The zero-order valence-corrected chi connectivity index (χ0v) is 12.7. The van der Waals surface area contributed by atoms with Crippen LogP contribution in [0.2, 0.25) is 0 Å². The molecule has 0 atom stereocenters. The van der Waals surface area contributed by atoms with Gasteiger partial charge in [-0.2, -0.15) is 0 Å². The maximum absolute atomic E-state index is 11.5. The first-order valence-corrected chi connectivity index (χ1v) is 6.97. The number of amides is 1. The first kappa shape index (κ1) is 17.4. The largest absolute Gasteiger partial charge is 0.492 e. The molecule has 1 rings (SSSR count). The molecular weight excluding hydrogens is 272 g/mol. The normalized spacial score (nSPS) is 10.4. The Morgan fingerprint density at radius 3 is 2.33 bits per heavy atom. The molecule has 6 nitrogen and oxygen atoms in total. The summed E-state index contributed by atoms with van der Waals surface area (Å²) in [7, 11) is 3.25. The summed E-state index contributed by atoms with van der Waals surface area (Å²) in [6.45, 7) is 3.27. The van der Waals surface area contributed by atoms with Crippen LogP contribution in [0, 0.1) is 0 Å². The molecule has 0 radical (unpaired) electrons. The van der Waals surface area contributed by atoms with E-state index in [-0.39, 0.29) is 5.91 Å². The quantitative estimate of drug-likeness (QED) is 0.602. The number of hydrogen-bond acceptors (Lipinski definition) is 5. The molecule has 0 aliphatic heterocycles. The van der Waals surface area contributed by atoms with E-state index in [1.54, 1.807) is 14.2 Å². The molecule has 6 heteroatoms. The molecular formula is C15H24N2O4. The van der Waals surface area contributed by atoms with E-state index in [9.17, 15) is 4.79 Å². The minimum Gasteiger partial charge on any atom is -0.492 e. The monoisotopic (exact) mass is 296 g/mol. The van der Waals surface area contributed by atoms with Gasteiger partial charge in [0.2, 0.25) is 5.91 Å². The molecule has 0 saturated carbocycles. The Morgan fingerprint density at radius 2 is 1.67 bits per heavy atom. The lowest BCUT2D eigenvalue weighted by molar-refractivity contribution is -0.117. The Labute approximate surface area is 125 Å². The minimum atomic E-state index is -0.0622. The van der Waals surface area contributed by atoms with Crippen LogP contribution in [0.1, 0.15) is 6.42 Å². The third-order valence-corrected chi connectivity index (χ3v) is 2.70. The lowest BCUT2D eigenvalue weighted by Gasteiger charge is -2.09. The predicted octanol–water partition coefficient (Wildman–Crippen LogP) is 1.28. The smallest absolute Gasteiger partial charge is 0.226 e. The summed E-state index contributed by atoms with van der Waals surface area (Å²) in [6, 6.07) is 7.30. The van der Waals surface area contributed by atoms with Gasteiger partial charge in [-0.15, -0.1) is 0 Å². The van der Waals surface area contributed by atoms with E-state index in [0.717, 1.165) is 24.5 Å². The maximum Gasteiger partial charge on any atom is 0.226 e. The Bertz CT molecular complexity index is 395. The second-order valence-electron chi connectivity index (χ2n) is 4.41. The highest BCUT2D eigenvalue weighted by Gasteiger charge is 2.02. The van der Waals surface area contributed by atoms with Crippen molar-refractivity contribution in [2.24, 2.45) is 0 Å². The van der Waals surface area contributed by atoms with E-state index in [4.69, 9.17) is 14.2 Å². The third-order valence-electron chi connectivity index (χ3n) is 2.70. The lowest BCUT2D eigenvalue weighted by atomic mass is 10.3. The zero-order valence-electron chi connectivity index (χ0n) is 12.7. The molecule has 0 heterocycles. The van der Waals surface area contributed by atoms with Crippen LogP contribution in [-0.4, -0.2) is 53.0 Å². The van der Waals surface area contributed by atoms with Crippen LogP contribution in [0.5, 0.6) is 5.75 Å². The number of hydrogen-bond donors (Lipinski definition) is 2. The van der Waals surface area contributed by atoms with Gasteiger partial charge in [0, 0.05) is 33.0 Å². The summed E-state index contributed by atoms with van der Waals surface area (Å²) < 4.78 is 15.4. The highest BCUT2D eigenvalue weighted by molar-refractivity contribution is 5.90. The number of carbonyl (C=O) groups is 1. The Hall–Kier alpha value is -1.63. The van der Waals surface area contributed by atoms with Crippen molar-refractivity contribution in [2.75, 3.05) is 52.4 Å². The fourth-order valence-electron chi connectivity index (χ4n) is 1.59. The van der Waals surface area contributed by atoms with E-state index in [0.29, 0.717) is 26.2 Å². The van der Waals surface area contributed by atoms with Crippen molar-refractivity contribution in [1.29, 1.82) is 0 Å². The number of carbonyl (C=O) groups excluding carboxylic acids is 1. The number of methoxy groups -OCH3 is 2. The second kappa shape index (κ2) is 11.1. The number of nitrogens with one attached hydrogen (secondary N) is 2. The highest BCUT2D eigenvalue weighted by Crippen LogP contribution is 2.15. The van der Waals surface area contributed by atoms with Gasteiger partial charge in [0.25, 0.3) is 0 Å². The van der Waals surface area contributed by atoms with Gasteiger partial charge in [0.15, 0.2) is 0 Å². The van der Waals surface area contributed by atoms with Crippen molar-refractivity contribution in [3.8, 4) is 5.75 Å². The van der Waals surface area contributed by atoms with E-state index >= 15 is 0 Å². The van der Waals surface area contributed by atoms with Crippen LogP contribution < -0.4 is 15.4 Å². The van der Waals surface area contributed by atoms with Crippen LogP contribution >= 0.6 is 0 Å². The summed E-state index contributed by atoms with van der Waals surface area (Å²) in [6.07, 6.45) is 0.349. The number of anilines is 1. The first-order valence-electron chi connectivity index (χ1n) is 6.97. The Kier molecular flexibility index (Phi) is 9.19. The van der Waals surface area contributed by atoms with Crippen LogP contribution in [0.4, 0.5) is 5.69 Å². The molecule has 0 unspecified atom stereocenters. The number of ether oxygens (including phenoxy) is 3. The molecule has 0 spiro atoms. The van der Waals surface area contributed by atoms with Gasteiger partial charge < -0.3 is 24.8 Å². The molecule has 2 N–H and O–H groups in total. The molecule has 0 bridgehead atoms. The van der Waals surface area contributed by atoms with Gasteiger partial charge in [-0.1, -0.05) is 0 Å². The molecule has 1 amide bonds. The third kappa shape index (κ3) is 8.29. The van der Waals surface area contributed by atoms with E-state index in [1.165, 1.54) is 0 Å². The van der Waals surface area contributed by atoms with Crippen LogP contribution in [0.15, 0.2) is 24.3 Å². The highest BCUT2D eigenvalue weighted by atomic mass is 16.5. The van der Waals surface area contributed by atoms with Gasteiger partial charge in [0.05, 0.1) is 19.6 Å². The van der Waals surface area contributed by atoms with Crippen molar-refractivity contribution in [3.63, 3.8) is 0 Å². The minimum absolute atomic E-state index is 0.0622. The fraction of sp³-hybridized carbons (Fsp3) is 0.533. The average molecular weight is 296 g/mol.